The molecule has 70 heavy (non-hydrogen) atoms. The van der Waals surface area contributed by atoms with Gasteiger partial charge in [-0.15, -0.1) is 0 Å². The van der Waals surface area contributed by atoms with Gasteiger partial charge < -0.3 is 54.4 Å². The van der Waals surface area contributed by atoms with Crippen LogP contribution in [0.15, 0.2) is 121 Å². The van der Waals surface area contributed by atoms with Crippen LogP contribution >= 0.6 is 0 Å². The zero-order valence-corrected chi connectivity index (χ0v) is 40.1. The summed E-state index contributed by atoms with van der Waals surface area (Å²) in [6.07, 6.45) is 15.0. The van der Waals surface area contributed by atoms with Crippen LogP contribution in [0.5, 0.6) is 34.5 Å². The number of aliphatic hydroxyl groups excluding tert-OH is 1. The molecule has 0 fully saturated rings. The second-order valence-electron chi connectivity index (χ2n) is 18.4. The van der Waals surface area contributed by atoms with Crippen molar-refractivity contribution >= 4 is 34.0 Å². The predicted octanol–water partition coefficient (Wildman–Crippen LogP) is 9.80. The molecular formula is C56H62N4O10. The van der Waals surface area contributed by atoms with E-state index < -0.39 is 18.1 Å². The number of aromatic hydroxyl groups is 3. The average Bonchev–Trinajstić information content (AvgIpc) is 3.98. The minimum absolute atomic E-state index is 0.00853. The third-order valence-corrected chi connectivity index (χ3v) is 13.6. The fraction of sp³-hybridized carbons (Fsp3) is 0.339. The standard InChI is InChI=1S/C56H62N4O10/c1-5-36-12-14-47(69-35(3)63)27-45(66)28-52(40-23-53(67)56(54(24-40)68-4)70-46-11-7-10-44(65)26-46)59-31-49-39(33-61)13-15-51(50(49)32-59)60(19-17-34(2)62)55-25-38(16-18-58-55)48(37-8-6-9-43(64)21-37)22-42-30-57-29-41(42)20-36/h6-11,13,15-16,21,23-26,29-32,36,47-48,52,57-58,61,64-65,67H,5,12,14,17-20,22,27-28,33H2,1-4H3. The molecule has 6 aromatic rings. The van der Waals surface area contributed by atoms with Gasteiger partial charge in [0.15, 0.2) is 11.5 Å². The summed E-state index contributed by atoms with van der Waals surface area (Å²) < 4.78 is 19.6. The number of Topliss-reactive ketones (excluding diaryl/α,β-unsaturated/α-hetero) is 2. The van der Waals surface area contributed by atoms with Gasteiger partial charge in [0.2, 0.25) is 5.75 Å². The summed E-state index contributed by atoms with van der Waals surface area (Å²) >= 11 is 0. The third-order valence-electron chi connectivity index (χ3n) is 13.6. The molecule has 14 nitrogen and oxygen atoms in total. The molecule has 0 amide bonds. The van der Waals surface area contributed by atoms with Crippen LogP contribution in [0.3, 0.4) is 0 Å². The number of carbonyl (C=O) groups excluding carboxylic acids is 3. The Morgan fingerprint density at radius 2 is 1.60 bits per heavy atom. The number of fused-ring (bicyclic) bond motifs is 3. The van der Waals surface area contributed by atoms with E-state index >= 15 is 0 Å². The predicted molar refractivity (Wildman–Crippen MR) is 268 cm³/mol. The van der Waals surface area contributed by atoms with Crippen molar-refractivity contribution in [2.45, 2.75) is 96.8 Å². The number of nitrogens with zero attached hydrogens (tertiary/aromatic N) is 2. The van der Waals surface area contributed by atoms with Crippen LogP contribution in [0.1, 0.15) is 99.1 Å². The van der Waals surface area contributed by atoms with Crippen molar-refractivity contribution < 1.29 is 49.0 Å². The van der Waals surface area contributed by atoms with Crippen molar-refractivity contribution in [2.24, 2.45) is 5.92 Å². The zero-order chi connectivity index (χ0) is 49.5. The summed E-state index contributed by atoms with van der Waals surface area (Å²) in [6, 6.07) is 19.8. The number of hydrogen-bond acceptors (Lipinski definition) is 12. The van der Waals surface area contributed by atoms with Crippen LogP contribution in [0.2, 0.25) is 0 Å². The molecule has 0 saturated carbocycles. The number of rotatable bonds is 11. The SMILES string of the molecule is CCC1CCC(OC(C)=O)CC(=O)CC(c2cc(O)c(Oc3cccc(O)c3)c(OC)c2)n2cc3c(CO)ccc(c3c2)N(CCC(C)=O)C2=CC(=CCN2)C(c2cccc(O)c2)Cc2c[nH]cc2C1. The van der Waals surface area contributed by atoms with Crippen molar-refractivity contribution in [2.75, 3.05) is 25.1 Å². The van der Waals surface area contributed by atoms with Crippen LogP contribution in [-0.2, 0) is 38.6 Å². The maximum Gasteiger partial charge on any atom is 0.302 e. The normalized spacial score (nSPS) is 19.0. The van der Waals surface area contributed by atoms with Gasteiger partial charge in [0.25, 0.3) is 0 Å². The lowest BCUT2D eigenvalue weighted by Crippen LogP contribution is -2.35. The number of aromatic nitrogens is 2. The van der Waals surface area contributed by atoms with Crippen LogP contribution in [0.4, 0.5) is 5.69 Å². The summed E-state index contributed by atoms with van der Waals surface area (Å²) in [5.41, 5.74) is 6.18. The highest BCUT2D eigenvalue weighted by molar-refractivity contribution is 5.97. The molecule has 2 aliphatic heterocycles. The largest absolute Gasteiger partial charge is 0.508 e. The van der Waals surface area contributed by atoms with Gasteiger partial charge in [-0.2, -0.15) is 0 Å². The number of phenols is 3. The van der Waals surface area contributed by atoms with E-state index in [4.69, 9.17) is 14.2 Å². The van der Waals surface area contributed by atoms with E-state index in [1.807, 2.05) is 59.7 Å². The molecule has 0 spiro atoms. The van der Waals surface area contributed by atoms with Crippen LogP contribution in [0, 0.1) is 5.92 Å². The van der Waals surface area contributed by atoms with Gasteiger partial charge in [-0.3, -0.25) is 14.4 Å². The van der Waals surface area contributed by atoms with Gasteiger partial charge in [0, 0.05) is 86.8 Å². The fourth-order valence-electron chi connectivity index (χ4n) is 9.93. The number of hydrogen-bond donors (Lipinski definition) is 6. The molecule has 4 heterocycles. The number of carbonyl (C=O) groups is 3. The summed E-state index contributed by atoms with van der Waals surface area (Å²) in [7, 11) is 1.44. The first kappa shape index (κ1) is 49.0. The smallest absolute Gasteiger partial charge is 0.302 e. The molecule has 4 aromatic carbocycles. The number of benzene rings is 4. The molecule has 14 heteroatoms. The highest BCUT2D eigenvalue weighted by Crippen LogP contribution is 2.45. The number of H-pyrrole nitrogens is 1. The molecular weight excluding hydrogens is 889 g/mol. The Bertz CT molecular complexity index is 2930. The first-order chi connectivity index (χ1) is 33.8. The maximum absolute atomic E-state index is 14.6. The molecule has 0 aliphatic carbocycles. The number of ether oxygens (including phenoxy) is 3. The van der Waals surface area contributed by atoms with E-state index in [9.17, 15) is 34.8 Å². The van der Waals surface area contributed by atoms with E-state index in [0.29, 0.717) is 48.9 Å². The lowest BCUT2D eigenvalue weighted by Gasteiger charge is -2.32. The van der Waals surface area contributed by atoms with Gasteiger partial charge in [-0.25, -0.2) is 0 Å². The topological polar surface area (TPSA) is 196 Å². The van der Waals surface area contributed by atoms with Crippen molar-refractivity contribution in [3.8, 4) is 34.5 Å². The monoisotopic (exact) mass is 950 g/mol. The second-order valence-corrected chi connectivity index (χ2v) is 18.4. The first-order valence-corrected chi connectivity index (χ1v) is 24.0. The summed E-state index contributed by atoms with van der Waals surface area (Å²) in [5, 5.41) is 48.4. The van der Waals surface area contributed by atoms with Gasteiger partial charge >= 0.3 is 5.97 Å². The Balaban J connectivity index is 1.31. The maximum atomic E-state index is 14.6. The number of dihydropyridines is 1. The third kappa shape index (κ3) is 11.3. The molecule has 4 bridgehead atoms. The second kappa shape index (κ2) is 21.9. The van der Waals surface area contributed by atoms with E-state index in [0.717, 1.165) is 46.4 Å². The number of aromatic amines is 1. The molecule has 8 rings (SSSR count). The van der Waals surface area contributed by atoms with Gasteiger partial charge in [-0.05, 0) is 120 Å². The number of methoxy groups -OCH3 is 1. The van der Waals surface area contributed by atoms with Crippen LogP contribution in [0.25, 0.3) is 10.8 Å². The Hall–Kier alpha value is -7.45. The fourth-order valence-corrected chi connectivity index (χ4v) is 9.93. The van der Waals surface area contributed by atoms with Gasteiger partial charge in [0.1, 0.15) is 40.7 Å². The van der Waals surface area contributed by atoms with E-state index in [1.54, 1.807) is 31.2 Å². The number of phenolic OH excluding ortho intramolecular Hbond substituents is 3. The lowest BCUT2D eigenvalue weighted by molar-refractivity contribution is -0.148. The Morgan fingerprint density at radius 3 is 2.31 bits per heavy atom. The van der Waals surface area contributed by atoms with Gasteiger partial charge in [0.05, 0.1) is 25.4 Å². The first-order valence-electron chi connectivity index (χ1n) is 24.0. The summed E-state index contributed by atoms with van der Waals surface area (Å²) in [4.78, 5) is 45.4. The Kier molecular flexibility index (Phi) is 15.3. The molecule has 0 saturated heterocycles. The minimum Gasteiger partial charge on any atom is -0.508 e. The molecule has 2 aromatic heterocycles. The number of nitrogens with one attached hydrogen (secondary N) is 2. The highest BCUT2D eigenvalue weighted by Gasteiger charge is 2.30. The molecule has 4 atom stereocenters. The number of allylic oxidation sites excluding steroid dienone is 2. The molecule has 4 unspecified atom stereocenters. The molecule has 366 valence electrons. The zero-order valence-electron chi connectivity index (χ0n) is 40.1. The number of esters is 1. The van der Waals surface area contributed by atoms with E-state index in [1.165, 1.54) is 37.8 Å². The van der Waals surface area contributed by atoms with Gasteiger partial charge in [-0.1, -0.05) is 43.7 Å². The summed E-state index contributed by atoms with van der Waals surface area (Å²) in [6.45, 7) is 5.60. The number of anilines is 1. The van der Waals surface area contributed by atoms with Crippen molar-refractivity contribution in [3.63, 3.8) is 0 Å². The quantitative estimate of drug-likeness (QED) is 0.0674. The lowest BCUT2D eigenvalue weighted by atomic mass is 9.82. The van der Waals surface area contributed by atoms with Crippen molar-refractivity contribution in [1.82, 2.24) is 14.9 Å². The highest BCUT2D eigenvalue weighted by atomic mass is 16.5. The van der Waals surface area contributed by atoms with Crippen molar-refractivity contribution in [3.05, 3.63) is 149 Å². The Morgan fingerprint density at radius 1 is 0.843 bits per heavy atom. The molecule has 2 aliphatic rings. The average molecular weight is 951 g/mol. The molecule has 0 radical (unpaired) electrons. The number of ketones is 2. The van der Waals surface area contributed by atoms with E-state index in [-0.39, 0.29) is 83.8 Å². The Labute approximate surface area is 407 Å². The number of aliphatic hydroxyl groups is 1. The van der Waals surface area contributed by atoms with Crippen LogP contribution < -0.4 is 19.7 Å². The molecule has 6 N–H and O–H groups in total. The summed E-state index contributed by atoms with van der Waals surface area (Å²) in [5.74, 6) is 0.485. The van der Waals surface area contributed by atoms with Crippen molar-refractivity contribution in [1.29, 1.82) is 0 Å². The minimum atomic E-state index is -0.758. The van der Waals surface area contributed by atoms with E-state index in [2.05, 4.69) is 34.3 Å². The van der Waals surface area contributed by atoms with Crippen LogP contribution in [-0.4, -0.2) is 73.8 Å².